The zero-order valence-electron chi connectivity index (χ0n) is 11.4. The molecule has 0 radical (unpaired) electrons. The van der Waals surface area contributed by atoms with Crippen LogP contribution in [0.3, 0.4) is 0 Å². The lowest BCUT2D eigenvalue weighted by molar-refractivity contribution is 0.0946. The molecule has 0 aliphatic heterocycles. The van der Waals surface area contributed by atoms with Gasteiger partial charge in [0.1, 0.15) is 0 Å². The van der Waals surface area contributed by atoms with Gasteiger partial charge in [-0.1, -0.05) is 0 Å². The summed E-state index contributed by atoms with van der Waals surface area (Å²) in [6, 6.07) is 6.25. The van der Waals surface area contributed by atoms with E-state index in [1.807, 2.05) is 0 Å². The third-order valence-corrected chi connectivity index (χ3v) is 2.43. The quantitative estimate of drug-likeness (QED) is 0.622. The third kappa shape index (κ3) is 4.60. The summed E-state index contributed by atoms with van der Waals surface area (Å²) in [5.74, 6) is -0.735. The van der Waals surface area contributed by atoms with Crippen LogP contribution in [0.5, 0.6) is 0 Å². The fourth-order valence-electron chi connectivity index (χ4n) is 1.39. The first-order valence-electron chi connectivity index (χ1n) is 6.23. The summed E-state index contributed by atoms with van der Waals surface area (Å²) in [6.07, 6.45) is 8.52. The maximum absolute atomic E-state index is 11.6. The number of rotatable bonds is 5. The van der Waals surface area contributed by atoms with Gasteiger partial charge in [0.05, 0.1) is 12.4 Å². The Hall–Kier alpha value is -3.42. The number of nitrogens with zero attached hydrogens (tertiary/aromatic N) is 4. The molecule has 0 aliphatic carbocycles. The van der Waals surface area contributed by atoms with E-state index in [1.54, 1.807) is 24.3 Å². The van der Waals surface area contributed by atoms with Crippen LogP contribution in [0.15, 0.2) is 59.3 Å². The predicted molar refractivity (Wildman–Crippen MR) is 80.4 cm³/mol. The molecule has 0 atom stereocenters. The van der Waals surface area contributed by atoms with E-state index in [0.29, 0.717) is 11.1 Å². The average molecular weight is 296 g/mol. The van der Waals surface area contributed by atoms with Crippen LogP contribution in [0.2, 0.25) is 0 Å². The summed E-state index contributed by atoms with van der Waals surface area (Å²) in [7, 11) is 0. The van der Waals surface area contributed by atoms with Crippen LogP contribution in [-0.2, 0) is 0 Å². The van der Waals surface area contributed by atoms with Crippen molar-refractivity contribution in [3.63, 3.8) is 0 Å². The summed E-state index contributed by atoms with van der Waals surface area (Å²) in [5.41, 5.74) is 5.50. The van der Waals surface area contributed by atoms with Gasteiger partial charge in [-0.25, -0.2) is 10.9 Å². The van der Waals surface area contributed by atoms with Gasteiger partial charge >= 0.3 is 0 Å². The van der Waals surface area contributed by atoms with Crippen LogP contribution >= 0.6 is 0 Å². The topological polar surface area (TPSA) is 109 Å². The van der Waals surface area contributed by atoms with Crippen molar-refractivity contribution in [2.45, 2.75) is 0 Å². The molecule has 0 fully saturated rings. The lowest BCUT2D eigenvalue weighted by atomic mass is 10.3. The number of hydrogen-bond acceptors (Lipinski definition) is 6. The van der Waals surface area contributed by atoms with Crippen molar-refractivity contribution >= 4 is 24.2 Å². The van der Waals surface area contributed by atoms with Crippen molar-refractivity contribution in [2.75, 3.05) is 0 Å². The molecule has 0 saturated carbocycles. The first-order chi connectivity index (χ1) is 10.8. The van der Waals surface area contributed by atoms with Gasteiger partial charge in [-0.2, -0.15) is 10.2 Å². The number of hydrogen-bond donors (Lipinski definition) is 2. The maximum atomic E-state index is 11.6. The van der Waals surface area contributed by atoms with Crippen LogP contribution in [0.25, 0.3) is 0 Å². The third-order valence-electron chi connectivity index (χ3n) is 2.43. The molecule has 0 bridgehead atoms. The minimum absolute atomic E-state index is 0.368. The molecule has 0 aromatic carbocycles. The van der Waals surface area contributed by atoms with Crippen LogP contribution in [0, 0.1) is 0 Å². The first-order valence-corrected chi connectivity index (χ1v) is 6.23. The fourth-order valence-corrected chi connectivity index (χ4v) is 1.39. The molecule has 0 aliphatic rings. The molecule has 2 aromatic heterocycles. The summed E-state index contributed by atoms with van der Waals surface area (Å²) >= 11 is 0. The Balaban J connectivity index is 1.76. The van der Waals surface area contributed by atoms with Gasteiger partial charge in [0.2, 0.25) is 0 Å². The molecule has 2 N–H and O–H groups in total. The largest absolute Gasteiger partial charge is 0.271 e. The number of carbonyl (C=O) groups excluding carboxylic acids is 2. The van der Waals surface area contributed by atoms with E-state index in [0.717, 1.165) is 0 Å². The second kappa shape index (κ2) is 8.00. The van der Waals surface area contributed by atoms with Crippen LogP contribution in [0.4, 0.5) is 0 Å². The molecule has 2 amide bonds. The minimum atomic E-state index is -0.368. The van der Waals surface area contributed by atoms with Gasteiger partial charge in [0.15, 0.2) is 0 Å². The molecule has 0 saturated heterocycles. The fraction of sp³-hybridized carbons (Fsp3) is 0. The molecule has 22 heavy (non-hydrogen) atoms. The highest BCUT2D eigenvalue weighted by Crippen LogP contribution is 1.95. The van der Waals surface area contributed by atoms with Crippen molar-refractivity contribution in [1.82, 2.24) is 20.8 Å². The van der Waals surface area contributed by atoms with Gasteiger partial charge < -0.3 is 0 Å². The monoisotopic (exact) mass is 296 g/mol. The van der Waals surface area contributed by atoms with E-state index in [2.05, 4.69) is 31.0 Å². The van der Waals surface area contributed by atoms with Crippen molar-refractivity contribution in [3.8, 4) is 0 Å². The number of pyridine rings is 2. The molecule has 2 rings (SSSR count). The molecule has 2 heterocycles. The van der Waals surface area contributed by atoms with Gasteiger partial charge in [-0.15, -0.1) is 0 Å². The highest BCUT2D eigenvalue weighted by atomic mass is 16.2. The lowest BCUT2D eigenvalue weighted by Crippen LogP contribution is -2.19. The number of amides is 2. The SMILES string of the molecule is O=C(NN=C/C=N\NC(=O)c1ccncc1)c1ccncc1. The maximum Gasteiger partial charge on any atom is 0.271 e. The Morgan fingerprint density at radius 2 is 1.14 bits per heavy atom. The molecule has 8 heteroatoms. The second-order valence-corrected chi connectivity index (χ2v) is 3.91. The van der Waals surface area contributed by atoms with Crippen molar-refractivity contribution in [2.24, 2.45) is 10.2 Å². The Kier molecular flexibility index (Phi) is 5.45. The molecule has 0 unspecified atom stereocenters. The molecular formula is C14H12N6O2. The van der Waals surface area contributed by atoms with Crippen LogP contribution in [-0.4, -0.2) is 34.2 Å². The molecular weight excluding hydrogens is 284 g/mol. The molecule has 8 nitrogen and oxygen atoms in total. The normalized spacial score (nSPS) is 10.7. The first kappa shape index (κ1) is 15.0. The van der Waals surface area contributed by atoms with E-state index in [4.69, 9.17) is 0 Å². The van der Waals surface area contributed by atoms with Gasteiger partial charge in [-0.3, -0.25) is 19.6 Å². The molecule has 2 aromatic rings. The lowest BCUT2D eigenvalue weighted by Gasteiger charge is -1.98. The van der Waals surface area contributed by atoms with Gasteiger partial charge in [0.25, 0.3) is 11.8 Å². The summed E-state index contributed by atoms with van der Waals surface area (Å²) in [5, 5.41) is 7.32. The predicted octanol–water partition coefficient (Wildman–Crippen LogP) is 0.608. The average Bonchev–Trinajstić information content (AvgIpc) is 2.59. The summed E-state index contributed by atoms with van der Waals surface area (Å²) < 4.78 is 0. The number of aromatic nitrogens is 2. The molecule has 110 valence electrons. The highest BCUT2D eigenvalue weighted by molar-refractivity contribution is 6.16. The van der Waals surface area contributed by atoms with Crippen molar-refractivity contribution in [3.05, 3.63) is 60.2 Å². The smallest absolute Gasteiger partial charge is 0.267 e. The van der Waals surface area contributed by atoms with Gasteiger partial charge in [-0.05, 0) is 24.3 Å². The number of nitrogens with one attached hydrogen (secondary N) is 2. The van der Waals surface area contributed by atoms with Crippen LogP contribution < -0.4 is 10.9 Å². The Morgan fingerprint density at radius 3 is 1.50 bits per heavy atom. The van der Waals surface area contributed by atoms with Gasteiger partial charge in [0, 0.05) is 35.9 Å². The molecule has 0 spiro atoms. The Morgan fingerprint density at radius 1 is 0.773 bits per heavy atom. The number of hydrazone groups is 2. The highest BCUT2D eigenvalue weighted by Gasteiger charge is 2.02. The summed E-state index contributed by atoms with van der Waals surface area (Å²) in [6.45, 7) is 0. The van der Waals surface area contributed by atoms with E-state index in [-0.39, 0.29) is 11.8 Å². The summed E-state index contributed by atoms with van der Waals surface area (Å²) in [4.78, 5) is 30.8. The van der Waals surface area contributed by atoms with E-state index in [9.17, 15) is 9.59 Å². The Bertz CT molecular complexity index is 623. The Labute approximate surface area is 126 Å². The zero-order valence-corrected chi connectivity index (χ0v) is 11.4. The number of carbonyl (C=O) groups is 2. The van der Waals surface area contributed by atoms with Crippen molar-refractivity contribution in [1.29, 1.82) is 0 Å². The van der Waals surface area contributed by atoms with E-state index >= 15 is 0 Å². The zero-order chi connectivity index (χ0) is 15.6. The minimum Gasteiger partial charge on any atom is -0.267 e. The van der Waals surface area contributed by atoms with Crippen LogP contribution in [0.1, 0.15) is 20.7 Å². The van der Waals surface area contributed by atoms with E-state index < -0.39 is 0 Å². The van der Waals surface area contributed by atoms with E-state index in [1.165, 1.54) is 37.2 Å². The van der Waals surface area contributed by atoms with Crippen molar-refractivity contribution < 1.29 is 9.59 Å². The second-order valence-electron chi connectivity index (χ2n) is 3.91. The standard InChI is InChI=1S/C14H12N6O2/c21-13(11-1-5-15-6-2-11)19-17-9-10-18-20-14(22)12-3-7-16-8-4-12/h1-10H,(H,19,21)(H,20,22)/b17-9-,18-10?.